The highest BCUT2D eigenvalue weighted by atomic mass is 32.2. The molecule has 1 saturated carbocycles. The number of amides is 1. The van der Waals surface area contributed by atoms with Gasteiger partial charge in [-0.2, -0.15) is 0 Å². The highest BCUT2D eigenvalue weighted by Crippen LogP contribution is 2.42. The lowest BCUT2D eigenvalue weighted by molar-refractivity contribution is -0.120. The summed E-state index contributed by atoms with van der Waals surface area (Å²) in [7, 11) is -1.94. The Balaban J connectivity index is 1.45. The van der Waals surface area contributed by atoms with Gasteiger partial charge in [-0.05, 0) is 48.4 Å². The maximum Gasteiger partial charge on any atom is 0.235 e. The SMILES string of the molecule is COc1ccc(CCS(=O)(=O)NCC(=O)NCC2(c3cccs3)CCCC2)cc1. The first kappa shape index (κ1) is 21.8. The van der Waals surface area contributed by atoms with Gasteiger partial charge in [0.25, 0.3) is 0 Å². The summed E-state index contributed by atoms with van der Waals surface area (Å²) in [5.74, 6) is 0.376. The Morgan fingerprint density at radius 1 is 1.17 bits per heavy atom. The van der Waals surface area contributed by atoms with Crippen LogP contribution in [0.25, 0.3) is 0 Å². The Morgan fingerprint density at radius 3 is 2.52 bits per heavy atom. The fourth-order valence-electron chi connectivity index (χ4n) is 3.76. The fraction of sp³-hybridized carbons (Fsp3) is 0.476. The normalized spacial score (nSPS) is 15.9. The molecule has 6 nitrogen and oxygen atoms in total. The number of sulfonamides is 1. The summed E-state index contributed by atoms with van der Waals surface area (Å²) in [6, 6.07) is 11.5. The molecule has 2 N–H and O–H groups in total. The zero-order valence-electron chi connectivity index (χ0n) is 16.6. The topological polar surface area (TPSA) is 84.5 Å². The lowest BCUT2D eigenvalue weighted by atomic mass is 9.84. The fourth-order valence-corrected chi connectivity index (χ4v) is 5.75. The van der Waals surface area contributed by atoms with Crippen LogP contribution in [0.3, 0.4) is 0 Å². The second kappa shape index (κ2) is 9.73. The first-order chi connectivity index (χ1) is 13.9. The van der Waals surface area contributed by atoms with Gasteiger partial charge in [-0.3, -0.25) is 4.79 Å². The van der Waals surface area contributed by atoms with Crippen LogP contribution in [-0.2, 0) is 26.7 Å². The molecule has 1 aromatic carbocycles. The maximum absolute atomic E-state index is 12.3. The Bertz CT molecular complexity index is 887. The molecule has 1 fully saturated rings. The molecule has 0 spiro atoms. The van der Waals surface area contributed by atoms with Gasteiger partial charge in [-0.1, -0.05) is 31.0 Å². The minimum Gasteiger partial charge on any atom is -0.497 e. The van der Waals surface area contributed by atoms with Crippen molar-refractivity contribution in [3.05, 3.63) is 52.2 Å². The van der Waals surface area contributed by atoms with Crippen LogP contribution >= 0.6 is 11.3 Å². The standard InChI is InChI=1S/C21H28N2O4S2/c1-27-18-8-6-17(7-9-18)10-14-29(25,26)23-15-20(24)22-16-21(11-2-3-12-21)19-5-4-13-28-19/h4-9,13,23H,2-3,10-12,14-16H2,1H3,(H,22,24). The minimum absolute atomic E-state index is 0.00291. The average molecular weight is 437 g/mol. The van der Waals surface area contributed by atoms with E-state index in [2.05, 4.69) is 21.5 Å². The van der Waals surface area contributed by atoms with Crippen molar-refractivity contribution < 1.29 is 17.9 Å². The number of carbonyl (C=O) groups excluding carboxylic acids is 1. The van der Waals surface area contributed by atoms with Crippen molar-refractivity contribution in [1.82, 2.24) is 10.0 Å². The van der Waals surface area contributed by atoms with E-state index in [1.165, 1.54) is 4.88 Å². The lowest BCUT2D eigenvalue weighted by Gasteiger charge is -2.28. The van der Waals surface area contributed by atoms with Crippen LogP contribution in [0.15, 0.2) is 41.8 Å². The smallest absolute Gasteiger partial charge is 0.235 e. The molecule has 0 aliphatic heterocycles. The van der Waals surface area contributed by atoms with Gasteiger partial charge in [-0.15, -0.1) is 11.3 Å². The number of nitrogens with one attached hydrogen (secondary N) is 2. The van der Waals surface area contributed by atoms with Crippen LogP contribution in [0.2, 0.25) is 0 Å². The van der Waals surface area contributed by atoms with Gasteiger partial charge in [0.1, 0.15) is 5.75 Å². The van der Waals surface area contributed by atoms with E-state index in [0.29, 0.717) is 13.0 Å². The summed E-state index contributed by atoms with van der Waals surface area (Å²) < 4.78 is 32.0. The summed E-state index contributed by atoms with van der Waals surface area (Å²) in [6.45, 7) is 0.325. The van der Waals surface area contributed by atoms with Crippen molar-refractivity contribution in [3.8, 4) is 5.75 Å². The van der Waals surface area contributed by atoms with Crippen molar-refractivity contribution in [2.24, 2.45) is 0 Å². The van der Waals surface area contributed by atoms with E-state index in [4.69, 9.17) is 4.74 Å². The molecule has 0 atom stereocenters. The quantitative estimate of drug-likeness (QED) is 0.600. The van der Waals surface area contributed by atoms with Crippen molar-refractivity contribution in [1.29, 1.82) is 0 Å². The van der Waals surface area contributed by atoms with Gasteiger partial charge in [0.05, 0.1) is 19.4 Å². The number of thiophene rings is 1. The monoisotopic (exact) mass is 436 g/mol. The van der Waals surface area contributed by atoms with E-state index < -0.39 is 10.0 Å². The average Bonchev–Trinajstić information content (AvgIpc) is 3.42. The van der Waals surface area contributed by atoms with Gasteiger partial charge >= 0.3 is 0 Å². The molecule has 2 aromatic rings. The Labute approximate surface area is 176 Å². The molecule has 1 aliphatic carbocycles. The number of ether oxygens (including phenoxy) is 1. The number of rotatable bonds is 10. The number of carbonyl (C=O) groups is 1. The zero-order valence-corrected chi connectivity index (χ0v) is 18.3. The molecule has 1 amide bonds. The first-order valence-electron chi connectivity index (χ1n) is 9.83. The molecule has 1 heterocycles. The van der Waals surface area contributed by atoms with Crippen LogP contribution in [0.5, 0.6) is 5.75 Å². The van der Waals surface area contributed by atoms with Gasteiger partial charge in [0.15, 0.2) is 0 Å². The lowest BCUT2D eigenvalue weighted by Crippen LogP contribution is -2.43. The van der Waals surface area contributed by atoms with Gasteiger partial charge in [-0.25, -0.2) is 13.1 Å². The molecule has 1 aliphatic rings. The van der Waals surface area contributed by atoms with E-state index in [0.717, 1.165) is 37.0 Å². The van der Waals surface area contributed by atoms with Crippen LogP contribution in [0.1, 0.15) is 36.1 Å². The molecular formula is C21H28N2O4S2. The van der Waals surface area contributed by atoms with Crippen molar-refractivity contribution >= 4 is 27.3 Å². The number of methoxy groups -OCH3 is 1. The minimum atomic E-state index is -3.53. The predicted molar refractivity (Wildman–Crippen MR) is 116 cm³/mol. The van der Waals surface area contributed by atoms with Crippen LogP contribution in [-0.4, -0.2) is 40.3 Å². The number of benzene rings is 1. The van der Waals surface area contributed by atoms with Crippen LogP contribution in [0.4, 0.5) is 0 Å². The van der Waals surface area contributed by atoms with Crippen molar-refractivity contribution in [2.75, 3.05) is 26.0 Å². The summed E-state index contributed by atoms with van der Waals surface area (Å²) in [4.78, 5) is 13.6. The summed E-state index contributed by atoms with van der Waals surface area (Å²) >= 11 is 1.72. The molecule has 0 bridgehead atoms. The Kier molecular flexibility index (Phi) is 7.32. The third-order valence-electron chi connectivity index (χ3n) is 5.50. The van der Waals surface area contributed by atoms with E-state index in [1.54, 1.807) is 30.6 Å². The molecule has 0 radical (unpaired) electrons. The van der Waals surface area contributed by atoms with Crippen LogP contribution in [0, 0.1) is 0 Å². The third-order valence-corrected chi connectivity index (χ3v) is 7.94. The highest BCUT2D eigenvalue weighted by molar-refractivity contribution is 7.89. The largest absolute Gasteiger partial charge is 0.497 e. The van der Waals surface area contributed by atoms with E-state index >= 15 is 0 Å². The second-order valence-electron chi connectivity index (χ2n) is 7.48. The molecule has 29 heavy (non-hydrogen) atoms. The molecule has 8 heteroatoms. The zero-order chi connectivity index (χ0) is 20.7. The summed E-state index contributed by atoms with van der Waals surface area (Å²) in [6.07, 6.45) is 4.81. The van der Waals surface area contributed by atoms with E-state index in [1.807, 2.05) is 18.2 Å². The van der Waals surface area contributed by atoms with E-state index in [-0.39, 0.29) is 23.6 Å². The van der Waals surface area contributed by atoms with Gasteiger partial charge < -0.3 is 10.1 Å². The Morgan fingerprint density at radius 2 is 1.90 bits per heavy atom. The summed E-state index contributed by atoms with van der Waals surface area (Å²) in [5, 5.41) is 5.00. The van der Waals surface area contributed by atoms with Crippen molar-refractivity contribution in [3.63, 3.8) is 0 Å². The molecule has 0 saturated heterocycles. The molecule has 0 unspecified atom stereocenters. The predicted octanol–water partition coefficient (Wildman–Crippen LogP) is 2.85. The van der Waals surface area contributed by atoms with Gasteiger partial charge in [0, 0.05) is 16.8 Å². The third kappa shape index (κ3) is 6.04. The maximum atomic E-state index is 12.3. The molecular weight excluding hydrogens is 408 g/mol. The Hall–Kier alpha value is -1.90. The summed E-state index contributed by atoms with van der Waals surface area (Å²) in [5.41, 5.74) is 0.900. The first-order valence-corrected chi connectivity index (χ1v) is 12.4. The number of hydrogen-bond donors (Lipinski definition) is 2. The molecule has 158 valence electrons. The number of aryl methyl sites for hydroxylation is 1. The highest BCUT2D eigenvalue weighted by Gasteiger charge is 2.36. The van der Waals surface area contributed by atoms with Gasteiger partial charge in [0.2, 0.25) is 15.9 Å². The molecule has 1 aromatic heterocycles. The van der Waals surface area contributed by atoms with Crippen LogP contribution < -0.4 is 14.8 Å². The molecule has 3 rings (SSSR count). The second-order valence-corrected chi connectivity index (χ2v) is 10.4. The number of hydrogen-bond acceptors (Lipinski definition) is 5. The van der Waals surface area contributed by atoms with Crippen molar-refractivity contribution in [2.45, 2.75) is 37.5 Å². The van der Waals surface area contributed by atoms with E-state index in [9.17, 15) is 13.2 Å².